The monoisotopic (exact) mass is 546 g/mol. The molecule has 0 bridgehead atoms. The summed E-state index contributed by atoms with van der Waals surface area (Å²) in [6.45, 7) is 2.49. The SMILES string of the molecule is CC(C)(C(N)=O)c1cc(-c2nc3ccc(C(=N)N)cc3[nH]2)c(O)c(-c2cc(CNC(=O)[C@@H](O)CO)ccc2O)c1. The number of rotatable bonds is 9. The van der Waals surface area contributed by atoms with Crippen molar-refractivity contribution >= 4 is 28.7 Å². The van der Waals surface area contributed by atoms with Gasteiger partial charge in [-0.3, -0.25) is 15.0 Å². The van der Waals surface area contributed by atoms with Crippen LogP contribution in [0, 0.1) is 5.41 Å². The average Bonchev–Trinajstić information content (AvgIpc) is 3.35. The number of H-pyrrole nitrogens is 1. The first-order chi connectivity index (χ1) is 18.8. The summed E-state index contributed by atoms with van der Waals surface area (Å²) in [5.41, 5.74) is 13.3. The molecule has 1 heterocycles. The summed E-state index contributed by atoms with van der Waals surface area (Å²) in [4.78, 5) is 31.9. The van der Waals surface area contributed by atoms with Crippen molar-refractivity contribution in [2.24, 2.45) is 11.5 Å². The summed E-state index contributed by atoms with van der Waals surface area (Å²) in [6, 6.07) is 12.6. The molecule has 40 heavy (non-hydrogen) atoms. The lowest BCUT2D eigenvalue weighted by Gasteiger charge is -2.24. The van der Waals surface area contributed by atoms with E-state index in [2.05, 4.69) is 15.3 Å². The molecule has 0 saturated heterocycles. The number of imidazole rings is 1. The number of amidine groups is 1. The van der Waals surface area contributed by atoms with Gasteiger partial charge in [-0.2, -0.15) is 0 Å². The Morgan fingerprint density at radius 2 is 1.75 bits per heavy atom. The zero-order valence-electron chi connectivity index (χ0n) is 21.8. The van der Waals surface area contributed by atoms with E-state index in [4.69, 9.17) is 22.0 Å². The van der Waals surface area contributed by atoms with Crippen LogP contribution in [-0.2, 0) is 21.5 Å². The standard InChI is InChI=1S/C28H30N6O6/c1-28(2,27(31)40)15-9-17(16-7-13(3-6-21(16)36)11-32-26(39)22(37)12-35)23(38)18(10-15)25-33-19-5-4-14(24(29)30)8-20(19)34-25/h3-10,22,35-38H,11-12H2,1-2H3,(H3,29,30)(H2,31,40)(H,32,39)(H,33,34)/t22-/m0/s1. The molecule has 0 radical (unpaired) electrons. The van der Waals surface area contributed by atoms with Crippen molar-refractivity contribution in [3.8, 4) is 34.0 Å². The number of nitrogen functional groups attached to an aromatic ring is 1. The highest BCUT2D eigenvalue weighted by molar-refractivity contribution is 5.98. The topological polar surface area (TPSA) is 232 Å². The zero-order valence-corrected chi connectivity index (χ0v) is 21.8. The van der Waals surface area contributed by atoms with E-state index in [0.29, 0.717) is 27.7 Å². The average molecular weight is 547 g/mol. The fourth-order valence-electron chi connectivity index (χ4n) is 4.13. The first kappa shape index (κ1) is 28.1. The van der Waals surface area contributed by atoms with Crippen molar-refractivity contribution in [2.45, 2.75) is 31.9 Å². The largest absolute Gasteiger partial charge is 0.507 e. The van der Waals surface area contributed by atoms with Gasteiger partial charge in [-0.1, -0.05) is 6.07 Å². The molecular weight excluding hydrogens is 516 g/mol. The van der Waals surface area contributed by atoms with Crippen molar-refractivity contribution in [3.05, 3.63) is 65.2 Å². The van der Waals surface area contributed by atoms with Gasteiger partial charge >= 0.3 is 0 Å². The number of phenolic OH excluding ortho intramolecular Hbond substituents is 2. The smallest absolute Gasteiger partial charge is 0.251 e. The minimum atomic E-state index is -1.58. The Balaban J connectivity index is 1.88. The third-order valence-electron chi connectivity index (χ3n) is 6.79. The Morgan fingerprint density at radius 1 is 1.05 bits per heavy atom. The van der Waals surface area contributed by atoms with Crippen molar-refractivity contribution < 1.29 is 30.0 Å². The minimum absolute atomic E-state index is 0.0364. The maximum absolute atomic E-state index is 12.4. The van der Waals surface area contributed by atoms with Crippen LogP contribution in [0.4, 0.5) is 0 Å². The fourth-order valence-corrected chi connectivity index (χ4v) is 4.13. The van der Waals surface area contributed by atoms with Crippen LogP contribution < -0.4 is 16.8 Å². The number of primary amides is 1. The number of aromatic amines is 1. The number of aromatic nitrogens is 2. The van der Waals surface area contributed by atoms with Crippen LogP contribution in [0.2, 0.25) is 0 Å². The van der Waals surface area contributed by atoms with Crippen LogP contribution in [0.5, 0.6) is 11.5 Å². The minimum Gasteiger partial charge on any atom is -0.507 e. The Morgan fingerprint density at radius 3 is 2.40 bits per heavy atom. The van der Waals surface area contributed by atoms with E-state index in [1.807, 2.05) is 0 Å². The van der Waals surface area contributed by atoms with E-state index < -0.39 is 29.9 Å². The Labute approximate surface area is 228 Å². The molecule has 12 heteroatoms. The van der Waals surface area contributed by atoms with Gasteiger partial charge in [0, 0.05) is 23.2 Å². The number of hydrogen-bond acceptors (Lipinski definition) is 8. The van der Waals surface area contributed by atoms with Gasteiger partial charge in [0.15, 0.2) is 6.10 Å². The molecule has 0 spiro atoms. The Bertz CT molecular complexity index is 1640. The number of nitrogens with two attached hydrogens (primary N) is 2. The van der Waals surface area contributed by atoms with Gasteiger partial charge < -0.3 is 42.2 Å². The molecule has 0 aliphatic rings. The van der Waals surface area contributed by atoms with Crippen LogP contribution in [-0.4, -0.2) is 60.8 Å². The lowest BCUT2D eigenvalue weighted by molar-refractivity contribution is -0.131. The lowest BCUT2D eigenvalue weighted by Crippen LogP contribution is -2.36. The van der Waals surface area contributed by atoms with E-state index in [9.17, 15) is 24.9 Å². The summed E-state index contributed by atoms with van der Waals surface area (Å²) in [5, 5.41) is 50.9. The second-order valence-corrected chi connectivity index (χ2v) is 9.91. The zero-order chi connectivity index (χ0) is 29.4. The first-order valence-electron chi connectivity index (χ1n) is 12.2. The molecule has 1 aromatic heterocycles. The number of carbonyl (C=O) groups excluding carboxylic acids is 2. The maximum Gasteiger partial charge on any atom is 0.251 e. The summed E-state index contributed by atoms with van der Waals surface area (Å²) in [5.74, 6) is -1.68. The molecule has 0 saturated carbocycles. The van der Waals surface area contributed by atoms with Crippen molar-refractivity contribution in [3.63, 3.8) is 0 Å². The molecule has 0 fully saturated rings. The molecule has 11 N–H and O–H groups in total. The third-order valence-corrected chi connectivity index (χ3v) is 6.79. The molecule has 3 aromatic carbocycles. The van der Waals surface area contributed by atoms with Crippen LogP contribution in [0.3, 0.4) is 0 Å². The van der Waals surface area contributed by atoms with Crippen LogP contribution >= 0.6 is 0 Å². The molecule has 4 rings (SSSR count). The number of phenols is 2. The summed E-state index contributed by atoms with van der Waals surface area (Å²) in [7, 11) is 0. The maximum atomic E-state index is 12.4. The van der Waals surface area contributed by atoms with Crippen molar-refractivity contribution in [1.29, 1.82) is 5.41 Å². The first-order valence-corrected chi connectivity index (χ1v) is 12.2. The number of aliphatic hydroxyl groups is 2. The van der Waals surface area contributed by atoms with Gasteiger partial charge in [0.2, 0.25) is 5.91 Å². The highest BCUT2D eigenvalue weighted by Crippen LogP contribution is 2.44. The number of nitrogens with zero attached hydrogens (tertiary/aromatic N) is 1. The molecule has 0 aliphatic heterocycles. The van der Waals surface area contributed by atoms with Crippen LogP contribution in [0.1, 0.15) is 30.5 Å². The van der Waals surface area contributed by atoms with Gasteiger partial charge in [0.25, 0.3) is 5.91 Å². The molecule has 208 valence electrons. The van der Waals surface area contributed by atoms with Crippen molar-refractivity contribution in [2.75, 3.05) is 6.61 Å². The summed E-state index contributed by atoms with van der Waals surface area (Å²) in [6.07, 6.45) is -1.58. The predicted molar refractivity (Wildman–Crippen MR) is 148 cm³/mol. The van der Waals surface area contributed by atoms with Crippen LogP contribution in [0.15, 0.2) is 48.5 Å². The third kappa shape index (κ3) is 5.30. The van der Waals surface area contributed by atoms with Gasteiger partial charge in [-0.15, -0.1) is 0 Å². The van der Waals surface area contributed by atoms with Crippen molar-refractivity contribution in [1.82, 2.24) is 15.3 Å². The highest BCUT2D eigenvalue weighted by atomic mass is 16.3. The molecule has 0 aliphatic carbocycles. The second-order valence-electron chi connectivity index (χ2n) is 9.91. The van der Waals surface area contributed by atoms with E-state index in [1.54, 1.807) is 56.3 Å². The van der Waals surface area contributed by atoms with Gasteiger partial charge in [0.1, 0.15) is 23.2 Å². The fraction of sp³-hybridized carbons (Fsp3) is 0.214. The Kier molecular flexibility index (Phi) is 7.49. The van der Waals surface area contributed by atoms with E-state index >= 15 is 0 Å². The number of carbonyl (C=O) groups is 2. The van der Waals surface area contributed by atoms with Crippen LogP contribution in [0.25, 0.3) is 33.5 Å². The number of hydrogen-bond donors (Lipinski definition) is 9. The lowest BCUT2D eigenvalue weighted by atomic mass is 9.81. The molecule has 1 atom stereocenters. The summed E-state index contributed by atoms with van der Waals surface area (Å²) >= 11 is 0. The molecule has 4 aromatic rings. The molecule has 2 amide bonds. The normalized spacial score (nSPS) is 12.3. The van der Waals surface area contributed by atoms with E-state index in [-0.39, 0.29) is 46.4 Å². The molecular formula is C28H30N6O6. The number of fused-ring (bicyclic) bond motifs is 1. The Hall–Kier alpha value is -4.94. The molecule has 12 nitrogen and oxygen atoms in total. The highest BCUT2D eigenvalue weighted by Gasteiger charge is 2.30. The summed E-state index contributed by atoms with van der Waals surface area (Å²) < 4.78 is 0. The number of aliphatic hydroxyl groups excluding tert-OH is 2. The quantitative estimate of drug-likeness (QED) is 0.109. The number of nitrogens with one attached hydrogen (secondary N) is 3. The van der Waals surface area contributed by atoms with Gasteiger partial charge in [0.05, 0.1) is 28.6 Å². The van der Waals surface area contributed by atoms with E-state index in [0.717, 1.165) is 0 Å². The van der Waals surface area contributed by atoms with Gasteiger partial charge in [-0.25, -0.2) is 4.98 Å². The number of aromatic hydroxyl groups is 2. The predicted octanol–water partition coefficient (Wildman–Crippen LogP) is 1.32. The molecule has 0 unspecified atom stereocenters. The number of benzene rings is 3. The van der Waals surface area contributed by atoms with E-state index in [1.165, 1.54) is 6.07 Å². The number of amides is 2. The van der Waals surface area contributed by atoms with Gasteiger partial charge in [-0.05, 0) is 67.4 Å². The second kappa shape index (κ2) is 10.7.